The number of rotatable bonds is 2. The Morgan fingerprint density at radius 3 is 2.79 bits per heavy atom. The van der Waals surface area contributed by atoms with Gasteiger partial charge in [-0.25, -0.2) is 9.37 Å². The number of anilines is 1. The predicted octanol–water partition coefficient (Wildman–Crippen LogP) is 4.26. The van der Waals surface area contributed by atoms with E-state index in [2.05, 4.69) is 10.3 Å². The van der Waals surface area contributed by atoms with Crippen molar-refractivity contribution in [3.63, 3.8) is 0 Å². The third kappa shape index (κ3) is 2.55. The highest BCUT2D eigenvalue weighted by Crippen LogP contribution is 2.38. The van der Waals surface area contributed by atoms with Gasteiger partial charge < -0.3 is 10.1 Å². The largest absolute Gasteiger partial charge is 0.482 e. The van der Waals surface area contributed by atoms with Crippen LogP contribution in [0.15, 0.2) is 41.8 Å². The lowest BCUT2D eigenvalue weighted by Crippen LogP contribution is -2.26. The molecule has 0 aliphatic carbocycles. The molecule has 4 nitrogen and oxygen atoms in total. The van der Waals surface area contributed by atoms with Crippen molar-refractivity contribution in [3.05, 3.63) is 53.2 Å². The lowest BCUT2D eigenvalue weighted by atomic mass is 10.0. The van der Waals surface area contributed by atoms with Crippen molar-refractivity contribution in [2.45, 2.75) is 6.92 Å². The number of nitrogens with one attached hydrogen (secondary N) is 1. The zero-order valence-electron chi connectivity index (χ0n) is 12.8. The first-order valence-electron chi connectivity index (χ1n) is 7.40. The van der Waals surface area contributed by atoms with Crippen LogP contribution in [0.3, 0.4) is 0 Å². The van der Waals surface area contributed by atoms with Gasteiger partial charge in [-0.15, -0.1) is 11.3 Å². The van der Waals surface area contributed by atoms with Crippen LogP contribution < -0.4 is 10.1 Å². The highest BCUT2D eigenvalue weighted by atomic mass is 32.1. The topological polar surface area (TPSA) is 51.2 Å². The van der Waals surface area contributed by atoms with Crippen LogP contribution in [-0.4, -0.2) is 17.5 Å². The number of fused-ring (bicyclic) bond motifs is 1. The van der Waals surface area contributed by atoms with Gasteiger partial charge in [-0.2, -0.15) is 0 Å². The van der Waals surface area contributed by atoms with E-state index in [4.69, 9.17) is 4.74 Å². The molecule has 4 rings (SSSR count). The number of aromatic nitrogens is 1. The van der Waals surface area contributed by atoms with E-state index in [1.807, 2.05) is 24.4 Å². The summed E-state index contributed by atoms with van der Waals surface area (Å²) in [6.07, 6.45) is 0. The minimum Gasteiger partial charge on any atom is -0.482 e. The van der Waals surface area contributed by atoms with Crippen LogP contribution in [-0.2, 0) is 4.79 Å². The molecule has 1 aromatic heterocycles. The van der Waals surface area contributed by atoms with Crippen LogP contribution in [0.2, 0.25) is 0 Å². The summed E-state index contributed by atoms with van der Waals surface area (Å²) in [5, 5.41) is 5.63. The Labute approximate surface area is 141 Å². The van der Waals surface area contributed by atoms with Crippen LogP contribution in [0, 0.1) is 12.7 Å². The van der Waals surface area contributed by atoms with Gasteiger partial charge in [0.05, 0.1) is 11.4 Å². The van der Waals surface area contributed by atoms with Crippen molar-refractivity contribution in [1.82, 2.24) is 4.98 Å². The SMILES string of the molecule is Cc1c(-c2csc(-c3ccc(F)cc3)n2)ccc2c1NC(=O)CO2. The van der Waals surface area contributed by atoms with Crippen molar-refractivity contribution >= 4 is 22.9 Å². The second-order valence-corrected chi connectivity index (χ2v) is 6.35. The molecule has 0 atom stereocenters. The molecule has 1 amide bonds. The standard InChI is InChI=1S/C18H13FN2O2S/c1-10-13(6-7-15-17(10)21-16(22)8-23-15)14-9-24-18(20-14)11-2-4-12(19)5-3-11/h2-7,9H,8H2,1H3,(H,21,22). The molecule has 0 spiro atoms. The van der Waals surface area contributed by atoms with E-state index in [1.165, 1.54) is 23.5 Å². The van der Waals surface area contributed by atoms with E-state index in [-0.39, 0.29) is 18.3 Å². The molecule has 1 aliphatic rings. The average Bonchev–Trinajstić information content (AvgIpc) is 3.06. The maximum atomic E-state index is 13.1. The zero-order valence-corrected chi connectivity index (χ0v) is 13.6. The quantitative estimate of drug-likeness (QED) is 0.758. The number of carbonyl (C=O) groups excluding carboxylic acids is 1. The van der Waals surface area contributed by atoms with E-state index in [0.717, 1.165) is 27.4 Å². The number of halogens is 1. The Hall–Kier alpha value is -2.73. The molecule has 0 saturated heterocycles. The molecular formula is C18H13FN2O2S. The Morgan fingerprint density at radius 2 is 2.00 bits per heavy atom. The molecule has 6 heteroatoms. The number of nitrogens with zero attached hydrogens (tertiary/aromatic N) is 1. The molecule has 2 heterocycles. The third-order valence-corrected chi connectivity index (χ3v) is 4.81. The van der Waals surface area contributed by atoms with Crippen LogP contribution in [0.1, 0.15) is 5.56 Å². The number of carbonyl (C=O) groups is 1. The van der Waals surface area contributed by atoms with E-state index in [1.54, 1.807) is 12.1 Å². The second kappa shape index (κ2) is 5.72. The smallest absolute Gasteiger partial charge is 0.262 e. The fourth-order valence-corrected chi connectivity index (χ4v) is 3.51. The lowest BCUT2D eigenvalue weighted by Gasteiger charge is -2.21. The summed E-state index contributed by atoms with van der Waals surface area (Å²) in [4.78, 5) is 16.2. The Balaban J connectivity index is 1.74. The van der Waals surface area contributed by atoms with Crippen LogP contribution in [0.5, 0.6) is 5.75 Å². The molecule has 0 unspecified atom stereocenters. The van der Waals surface area contributed by atoms with Crippen LogP contribution in [0.4, 0.5) is 10.1 Å². The van der Waals surface area contributed by atoms with Gasteiger partial charge in [0.1, 0.15) is 16.6 Å². The second-order valence-electron chi connectivity index (χ2n) is 5.49. The summed E-state index contributed by atoms with van der Waals surface area (Å²) in [7, 11) is 0. The van der Waals surface area contributed by atoms with Gasteiger partial charge >= 0.3 is 0 Å². The molecule has 0 saturated carbocycles. The highest BCUT2D eigenvalue weighted by Gasteiger charge is 2.20. The number of hydrogen-bond donors (Lipinski definition) is 1. The van der Waals surface area contributed by atoms with Crippen molar-refractivity contribution in [3.8, 4) is 27.6 Å². The molecule has 0 radical (unpaired) electrons. The fraction of sp³-hybridized carbons (Fsp3) is 0.111. The summed E-state index contributed by atoms with van der Waals surface area (Å²) in [5.74, 6) is 0.245. The van der Waals surface area contributed by atoms with Gasteiger partial charge in [0.15, 0.2) is 6.61 Å². The highest BCUT2D eigenvalue weighted by molar-refractivity contribution is 7.13. The fourth-order valence-electron chi connectivity index (χ4n) is 2.68. The Bertz CT molecular complexity index is 935. The summed E-state index contributed by atoms with van der Waals surface area (Å²) in [5.41, 5.74) is 4.24. The first-order valence-corrected chi connectivity index (χ1v) is 8.28. The molecule has 120 valence electrons. The van der Waals surface area contributed by atoms with Crippen molar-refractivity contribution < 1.29 is 13.9 Å². The molecule has 0 fully saturated rings. The minimum atomic E-state index is -0.267. The third-order valence-electron chi connectivity index (χ3n) is 3.92. The number of hydrogen-bond acceptors (Lipinski definition) is 4. The molecule has 0 bridgehead atoms. The van der Waals surface area contributed by atoms with Gasteiger partial charge in [0.25, 0.3) is 5.91 Å². The van der Waals surface area contributed by atoms with Crippen LogP contribution in [0.25, 0.3) is 21.8 Å². The van der Waals surface area contributed by atoms with E-state index < -0.39 is 0 Å². The Kier molecular flexibility index (Phi) is 3.54. The van der Waals surface area contributed by atoms with Gasteiger partial charge in [0.2, 0.25) is 0 Å². The first kappa shape index (κ1) is 14.8. The first-order chi connectivity index (χ1) is 11.6. The van der Waals surface area contributed by atoms with E-state index in [0.29, 0.717) is 11.4 Å². The molecular weight excluding hydrogens is 327 g/mol. The summed E-state index contributed by atoms with van der Waals surface area (Å²) < 4.78 is 18.5. The summed E-state index contributed by atoms with van der Waals surface area (Å²) in [6.45, 7) is 1.97. The maximum absolute atomic E-state index is 13.1. The molecule has 24 heavy (non-hydrogen) atoms. The number of thiazole rings is 1. The van der Waals surface area contributed by atoms with E-state index in [9.17, 15) is 9.18 Å². The summed E-state index contributed by atoms with van der Waals surface area (Å²) in [6, 6.07) is 10.1. The maximum Gasteiger partial charge on any atom is 0.262 e. The van der Waals surface area contributed by atoms with Crippen LogP contribution >= 0.6 is 11.3 Å². The van der Waals surface area contributed by atoms with Crippen molar-refractivity contribution in [2.75, 3.05) is 11.9 Å². The molecule has 1 aliphatic heterocycles. The minimum absolute atomic E-state index is 0.0389. The molecule has 3 aromatic rings. The zero-order chi connectivity index (χ0) is 16.7. The number of ether oxygens (including phenoxy) is 1. The number of amides is 1. The van der Waals surface area contributed by atoms with Crippen molar-refractivity contribution in [2.24, 2.45) is 0 Å². The molecule has 2 aromatic carbocycles. The van der Waals surface area contributed by atoms with Gasteiger partial charge in [-0.05, 0) is 48.9 Å². The Morgan fingerprint density at radius 1 is 1.21 bits per heavy atom. The normalized spacial score (nSPS) is 13.2. The number of benzene rings is 2. The molecule has 1 N–H and O–H groups in total. The van der Waals surface area contributed by atoms with Gasteiger partial charge in [-0.1, -0.05) is 0 Å². The van der Waals surface area contributed by atoms with Gasteiger partial charge in [-0.3, -0.25) is 4.79 Å². The summed E-state index contributed by atoms with van der Waals surface area (Å²) >= 11 is 1.50. The monoisotopic (exact) mass is 340 g/mol. The predicted molar refractivity (Wildman–Crippen MR) is 91.8 cm³/mol. The average molecular weight is 340 g/mol. The van der Waals surface area contributed by atoms with Gasteiger partial charge in [0, 0.05) is 16.5 Å². The van der Waals surface area contributed by atoms with E-state index >= 15 is 0 Å². The van der Waals surface area contributed by atoms with Crippen molar-refractivity contribution in [1.29, 1.82) is 0 Å². The lowest BCUT2D eigenvalue weighted by molar-refractivity contribution is -0.118.